The van der Waals surface area contributed by atoms with Crippen LogP contribution in [0.15, 0.2) is 48.5 Å². The summed E-state index contributed by atoms with van der Waals surface area (Å²) in [6.07, 6.45) is 14.1. The second-order valence-electron chi connectivity index (χ2n) is 7.86. The predicted octanol–water partition coefficient (Wildman–Crippen LogP) is 7.32. The van der Waals surface area contributed by atoms with Gasteiger partial charge in [-0.25, -0.2) is 0 Å². The van der Waals surface area contributed by atoms with Gasteiger partial charge in [-0.15, -0.1) is 0 Å². The van der Waals surface area contributed by atoms with E-state index in [4.69, 9.17) is 0 Å². The molecule has 148 valence electrons. The van der Waals surface area contributed by atoms with Crippen LogP contribution in [0.3, 0.4) is 0 Å². The third kappa shape index (κ3) is 5.51. The highest BCUT2D eigenvalue weighted by Gasteiger charge is 2.33. The Morgan fingerprint density at radius 2 is 0.778 bits per heavy atom. The fourth-order valence-electron chi connectivity index (χ4n) is 4.52. The third-order valence-corrected chi connectivity index (χ3v) is 6.05. The molecule has 1 fully saturated rings. The monoisotopic (exact) mass is 368 g/mol. The maximum atomic E-state index is 9.76. The van der Waals surface area contributed by atoms with Gasteiger partial charge in [-0.3, -0.25) is 0 Å². The van der Waals surface area contributed by atoms with Crippen molar-refractivity contribution in [1.82, 2.24) is 0 Å². The molecule has 2 nitrogen and oxygen atoms in total. The highest BCUT2D eigenvalue weighted by molar-refractivity contribution is 5.43. The SMILES string of the molecule is C.Oc1ccc(C2(c3ccc(O)cc3)CCCCCCCCCCC2)cc1. The average molecular weight is 369 g/mol. The summed E-state index contributed by atoms with van der Waals surface area (Å²) in [6.45, 7) is 0. The molecule has 2 aromatic rings. The number of rotatable bonds is 2. The van der Waals surface area contributed by atoms with E-state index in [1.165, 1.54) is 68.9 Å². The molecule has 0 spiro atoms. The Morgan fingerprint density at radius 3 is 1.11 bits per heavy atom. The van der Waals surface area contributed by atoms with E-state index < -0.39 is 0 Å². The van der Waals surface area contributed by atoms with Crippen LogP contribution in [-0.2, 0) is 5.41 Å². The predicted molar refractivity (Wildman–Crippen MR) is 115 cm³/mol. The summed E-state index contributed by atoms with van der Waals surface area (Å²) in [5.74, 6) is 0.644. The normalized spacial score (nSPS) is 18.5. The van der Waals surface area contributed by atoms with E-state index in [2.05, 4.69) is 24.3 Å². The molecule has 2 heteroatoms. The van der Waals surface area contributed by atoms with Crippen molar-refractivity contribution in [2.45, 2.75) is 83.5 Å². The summed E-state index contributed by atoms with van der Waals surface area (Å²) < 4.78 is 0. The van der Waals surface area contributed by atoms with Gasteiger partial charge in [0, 0.05) is 5.41 Å². The summed E-state index contributed by atoms with van der Waals surface area (Å²) in [5.41, 5.74) is 2.55. The van der Waals surface area contributed by atoms with Gasteiger partial charge < -0.3 is 10.2 Å². The zero-order valence-corrected chi connectivity index (χ0v) is 15.8. The van der Waals surface area contributed by atoms with Crippen molar-refractivity contribution in [2.75, 3.05) is 0 Å². The zero-order chi connectivity index (χ0) is 18.2. The van der Waals surface area contributed by atoms with Crippen LogP contribution in [0.4, 0.5) is 0 Å². The lowest BCUT2D eigenvalue weighted by Gasteiger charge is -2.36. The first-order valence-corrected chi connectivity index (χ1v) is 10.3. The van der Waals surface area contributed by atoms with Gasteiger partial charge in [0.25, 0.3) is 0 Å². The Labute approximate surface area is 165 Å². The number of hydrogen-bond donors (Lipinski definition) is 2. The van der Waals surface area contributed by atoms with Crippen molar-refractivity contribution in [2.24, 2.45) is 0 Å². The molecular formula is C25H36O2. The van der Waals surface area contributed by atoms with Crippen LogP contribution >= 0.6 is 0 Å². The lowest BCUT2D eigenvalue weighted by Crippen LogP contribution is -2.28. The van der Waals surface area contributed by atoms with E-state index in [0.717, 1.165) is 12.8 Å². The van der Waals surface area contributed by atoms with Crippen molar-refractivity contribution >= 4 is 0 Å². The summed E-state index contributed by atoms with van der Waals surface area (Å²) in [4.78, 5) is 0. The first kappa shape index (κ1) is 21.3. The molecule has 1 aliphatic carbocycles. The van der Waals surface area contributed by atoms with Crippen LogP contribution in [0.5, 0.6) is 11.5 Å². The smallest absolute Gasteiger partial charge is 0.115 e. The lowest BCUT2D eigenvalue weighted by atomic mass is 9.67. The molecule has 0 atom stereocenters. The molecule has 27 heavy (non-hydrogen) atoms. The van der Waals surface area contributed by atoms with Gasteiger partial charge in [0.2, 0.25) is 0 Å². The van der Waals surface area contributed by atoms with Gasteiger partial charge in [-0.2, -0.15) is 0 Å². The minimum atomic E-state index is -0.0272. The molecular weight excluding hydrogens is 332 g/mol. The molecule has 0 aliphatic heterocycles. The Morgan fingerprint density at radius 1 is 0.481 bits per heavy atom. The molecule has 1 aliphatic rings. The summed E-state index contributed by atoms with van der Waals surface area (Å²) in [7, 11) is 0. The molecule has 3 rings (SSSR count). The van der Waals surface area contributed by atoms with Crippen molar-refractivity contribution in [3.63, 3.8) is 0 Å². The van der Waals surface area contributed by atoms with E-state index in [9.17, 15) is 10.2 Å². The van der Waals surface area contributed by atoms with Gasteiger partial charge in [-0.05, 0) is 48.2 Å². The van der Waals surface area contributed by atoms with E-state index in [0.29, 0.717) is 11.5 Å². The average Bonchev–Trinajstić information content (AvgIpc) is 2.64. The van der Waals surface area contributed by atoms with Crippen LogP contribution in [0.25, 0.3) is 0 Å². The first-order chi connectivity index (χ1) is 12.7. The Hall–Kier alpha value is -1.96. The largest absolute Gasteiger partial charge is 0.508 e. The van der Waals surface area contributed by atoms with Crippen molar-refractivity contribution in [3.05, 3.63) is 59.7 Å². The molecule has 1 saturated carbocycles. The van der Waals surface area contributed by atoms with Crippen LogP contribution in [-0.4, -0.2) is 10.2 Å². The van der Waals surface area contributed by atoms with Crippen molar-refractivity contribution in [1.29, 1.82) is 0 Å². The molecule has 0 heterocycles. The van der Waals surface area contributed by atoms with Gasteiger partial charge in [0.15, 0.2) is 0 Å². The minimum Gasteiger partial charge on any atom is -0.508 e. The van der Waals surface area contributed by atoms with Crippen LogP contribution in [0.1, 0.15) is 89.2 Å². The highest BCUT2D eigenvalue weighted by Crippen LogP contribution is 2.43. The first-order valence-electron chi connectivity index (χ1n) is 10.3. The highest BCUT2D eigenvalue weighted by atomic mass is 16.3. The van der Waals surface area contributed by atoms with Gasteiger partial charge >= 0.3 is 0 Å². The topological polar surface area (TPSA) is 40.5 Å². The number of aromatic hydroxyl groups is 2. The van der Waals surface area contributed by atoms with Gasteiger partial charge in [0.05, 0.1) is 0 Å². The Kier molecular flexibility index (Phi) is 8.22. The Bertz CT molecular complexity index is 598. The van der Waals surface area contributed by atoms with E-state index in [-0.39, 0.29) is 12.8 Å². The van der Waals surface area contributed by atoms with Gasteiger partial charge in [-0.1, -0.05) is 89.5 Å². The fraction of sp³-hybridized carbons (Fsp3) is 0.520. The summed E-state index contributed by atoms with van der Waals surface area (Å²) >= 11 is 0. The fourth-order valence-corrected chi connectivity index (χ4v) is 4.52. The number of phenolic OH excluding ortho intramolecular Hbond substituents is 2. The van der Waals surface area contributed by atoms with Gasteiger partial charge in [0.1, 0.15) is 11.5 Å². The lowest BCUT2D eigenvalue weighted by molar-refractivity contribution is 0.381. The second kappa shape index (κ2) is 10.4. The number of phenols is 2. The van der Waals surface area contributed by atoms with Crippen LogP contribution < -0.4 is 0 Å². The molecule has 0 saturated heterocycles. The van der Waals surface area contributed by atoms with Crippen LogP contribution in [0, 0.1) is 0 Å². The molecule has 0 aromatic heterocycles. The third-order valence-electron chi connectivity index (χ3n) is 6.05. The maximum absolute atomic E-state index is 9.76. The van der Waals surface area contributed by atoms with E-state index in [1.54, 1.807) is 0 Å². The maximum Gasteiger partial charge on any atom is 0.115 e. The molecule has 0 bridgehead atoms. The second-order valence-corrected chi connectivity index (χ2v) is 7.86. The molecule has 2 N–H and O–H groups in total. The number of benzene rings is 2. The summed E-state index contributed by atoms with van der Waals surface area (Å²) in [6, 6.07) is 15.6. The Balaban J connectivity index is 0.00000261. The van der Waals surface area contributed by atoms with Crippen molar-refractivity contribution < 1.29 is 10.2 Å². The quantitative estimate of drug-likeness (QED) is 0.583. The molecule has 0 unspecified atom stereocenters. The molecule has 0 radical (unpaired) electrons. The molecule has 0 amide bonds. The van der Waals surface area contributed by atoms with Crippen molar-refractivity contribution in [3.8, 4) is 11.5 Å². The zero-order valence-electron chi connectivity index (χ0n) is 15.8. The number of hydrogen-bond acceptors (Lipinski definition) is 2. The van der Waals surface area contributed by atoms with E-state index >= 15 is 0 Å². The minimum absolute atomic E-state index is 0. The molecule has 2 aromatic carbocycles. The summed E-state index contributed by atoms with van der Waals surface area (Å²) in [5, 5.41) is 19.5. The standard InChI is InChI=1S/C24H32O2.CH4/c25-22-14-10-20(11-15-22)24(21-12-16-23(26)17-13-21)18-8-6-4-2-1-3-5-7-9-19-24;/h10-17,25-26H,1-9,18-19H2;1H4. The van der Waals surface area contributed by atoms with E-state index in [1.807, 2.05) is 24.3 Å². The van der Waals surface area contributed by atoms with Crippen LogP contribution in [0.2, 0.25) is 0 Å².